The molecule has 0 saturated carbocycles. The normalized spacial score (nSPS) is 14.2. The molecule has 4 rings (SSSR count). The molecule has 0 amide bonds. The Morgan fingerprint density at radius 3 is 1.54 bits per heavy atom. The number of nitrogens with zero attached hydrogens (tertiary/aromatic N) is 2. The maximum atomic E-state index is 13.4. The summed E-state index contributed by atoms with van der Waals surface area (Å²) >= 11 is 0. The number of rotatable bonds is 10. The van der Waals surface area contributed by atoms with Gasteiger partial charge in [-0.3, -0.25) is 9.69 Å². The highest BCUT2D eigenvalue weighted by Gasteiger charge is 2.20. The van der Waals surface area contributed by atoms with Crippen LogP contribution in [0, 0.1) is 17.5 Å². The predicted molar refractivity (Wildman–Crippen MR) is 143 cm³/mol. The van der Waals surface area contributed by atoms with E-state index in [4.69, 9.17) is 4.74 Å². The first-order valence-corrected chi connectivity index (χ1v) is 11.8. The first-order chi connectivity index (χ1) is 17.0. The molecule has 0 unspecified atom stereocenters. The molecule has 0 spiro atoms. The van der Waals surface area contributed by atoms with Crippen LogP contribution in [0.2, 0.25) is 0 Å². The van der Waals surface area contributed by atoms with Crippen LogP contribution in [-0.2, 0) is 4.74 Å². The Kier molecular flexibility index (Phi) is 12.6. The van der Waals surface area contributed by atoms with Crippen LogP contribution in [0.5, 0.6) is 0 Å². The van der Waals surface area contributed by atoms with E-state index in [0.717, 1.165) is 43.9 Å². The van der Waals surface area contributed by atoms with Crippen molar-refractivity contribution in [3.63, 3.8) is 0 Å². The number of carbonyl (C=O) groups is 1. The Bertz CT molecular complexity index is 1050. The molecular weight excluding hydrogens is 524 g/mol. The molecule has 1 aliphatic rings. The van der Waals surface area contributed by atoms with Gasteiger partial charge in [0.2, 0.25) is 0 Å². The van der Waals surface area contributed by atoms with Gasteiger partial charge in [0.25, 0.3) is 0 Å². The first-order valence-electron chi connectivity index (χ1n) is 11.8. The summed E-state index contributed by atoms with van der Waals surface area (Å²) in [6.45, 7) is 5.34. The zero-order valence-corrected chi connectivity index (χ0v) is 22.0. The molecule has 3 aromatic carbocycles. The summed E-state index contributed by atoms with van der Waals surface area (Å²) in [6.07, 6.45) is 0.00105. The third kappa shape index (κ3) is 9.13. The number of halogens is 5. The lowest BCUT2D eigenvalue weighted by Crippen LogP contribution is -2.47. The Labute approximate surface area is 228 Å². The van der Waals surface area contributed by atoms with E-state index in [9.17, 15) is 18.0 Å². The van der Waals surface area contributed by atoms with E-state index in [1.165, 1.54) is 48.5 Å². The van der Waals surface area contributed by atoms with E-state index in [0.29, 0.717) is 25.1 Å². The van der Waals surface area contributed by atoms with Crippen molar-refractivity contribution in [2.45, 2.75) is 12.5 Å². The monoisotopic (exact) mass is 554 g/mol. The quantitative estimate of drug-likeness (QED) is 0.290. The number of ketones is 1. The average Bonchev–Trinajstić information content (AvgIpc) is 2.88. The largest absolute Gasteiger partial charge is 0.367 e. The SMILES string of the molecule is Cl.Cl.O=C(CCN1CCN(CCOC(c2ccc(F)cc2)c2ccc(F)cc2)CC1)c1ccc(F)cc1. The molecule has 0 aromatic heterocycles. The number of benzene rings is 3. The summed E-state index contributed by atoms with van der Waals surface area (Å²) in [4.78, 5) is 16.9. The van der Waals surface area contributed by atoms with E-state index >= 15 is 0 Å². The molecule has 1 saturated heterocycles. The second-order valence-corrected chi connectivity index (χ2v) is 8.72. The summed E-state index contributed by atoms with van der Waals surface area (Å²) in [5.41, 5.74) is 2.17. The molecule has 1 fully saturated rings. The molecule has 200 valence electrons. The molecule has 37 heavy (non-hydrogen) atoms. The molecule has 4 nitrogen and oxygen atoms in total. The molecule has 0 atom stereocenters. The second-order valence-electron chi connectivity index (χ2n) is 8.72. The van der Waals surface area contributed by atoms with Crippen molar-refractivity contribution in [1.82, 2.24) is 9.80 Å². The van der Waals surface area contributed by atoms with E-state index in [1.807, 2.05) is 0 Å². The summed E-state index contributed by atoms with van der Waals surface area (Å²) in [5.74, 6) is -0.954. The highest BCUT2D eigenvalue weighted by Crippen LogP contribution is 2.26. The first kappa shape index (κ1) is 30.8. The molecule has 9 heteroatoms. The molecule has 0 radical (unpaired) electrons. The van der Waals surface area contributed by atoms with Gasteiger partial charge >= 0.3 is 0 Å². The lowest BCUT2D eigenvalue weighted by Gasteiger charge is -2.34. The number of piperazine rings is 1. The average molecular weight is 555 g/mol. The van der Waals surface area contributed by atoms with Crippen LogP contribution in [0.4, 0.5) is 13.2 Å². The van der Waals surface area contributed by atoms with E-state index in [1.54, 1.807) is 24.3 Å². The summed E-state index contributed by atoms with van der Waals surface area (Å²) in [5, 5.41) is 0. The van der Waals surface area contributed by atoms with Crippen LogP contribution in [0.25, 0.3) is 0 Å². The highest BCUT2D eigenvalue weighted by atomic mass is 35.5. The summed E-state index contributed by atoms with van der Waals surface area (Å²) in [7, 11) is 0. The van der Waals surface area contributed by atoms with Crippen molar-refractivity contribution in [2.24, 2.45) is 0 Å². The van der Waals surface area contributed by atoms with Gasteiger partial charge in [0.1, 0.15) is 23.6 Å². The van der Waals surface area contributed by atoms with Crippen LogP contribution in [0.3, 0.4) is 0 Å². The zero-order valence-electron chi connectivity index (χ0n) is 20.3. The lowest BCUT2D eigenvalue weighted by atomic mass is 10.0. The summed E-state index contributed by atoms with van der Waals surface area (Å²) < 4.78 is 46.0. The Morgan fingerprint density at radius 2 is 1.08 bits per heavy atom. The molecule has 1 heterocycles. The number of hydrogen-bond acceptors (Lipinski definition) is 4. The van der Waals surface area contributed by atoms with Gasteiger partial charge in [-0.05, 0) is 59.7 Å². The maximum absolute atomic E-state index is 13.4. The van der Waals surface area contributed by atoms with Crippen LogP contribution >= 0.6 is 24.8 Å². The number of ether oxygens (including phenoxy) is 1. The van der Waals surface area contributed by atoms with Crippen molar-refractivity contribution in [3.05, 3.63) is 107 Å². The molecular formula is C28H31Cl2F3N2O2. The van der Waals surface area contributed by atoms with Crippen molar-refractivity contribution < 1.29 is 22.7 Å². The van der Waals surface area contributed by atoms with E-state index in [2.05, 4.69) is 9.80 Å². The van der Waals surface area contributed by atoms with Gasteiger partial charge in [-0.2, -0.15) is 0 Å². The Morgan fingerprint density at radius 1 is 0.676 bits per heavy atom. The fourth-order valence-electron chi connectivity index (χ4n) is 4.24. The van der Waals surface area contributed by atoms with Crippen LogP contribution in [-0.4, -0.2) is 61.5 Å². The molecule has 1 aliphatic heterocycles. The van der Waals surface area contributed by atoms with Crippen molar-refractivity contribution in [1.29, 1.82) is 0 Å². The van der Waals surface area contributed by atoms with Gasteiger partial charge in [-0.25, -0.2) is 13.2 Å². The third-order valence-corrected chi connectivity index (χ3v) is 6.32. The Balaban J connectivity index is 0.00000241. The van der Waals surface area contributed by atoms with Gasteiger partial charge < -0.3 is 9.64 Å². The lowest BCUT2D eigenvalue weighted by molar-refractivity contribution is 0.0449. The number of Topliss-reactive ketones (excluding diaryl/α,β-unsaturated/α-hetero) is 1. The summed E-state index contributed by atoms with van der Waals surface area (Å²) in [6, 6.07) is 18.0. The van der Waals surface area contributed by atoms with Crippen LogP contribution < -0.4 is 0 Å². The van der Waals surface area contributed by atoms with Gasteiger partial charge in [-0.1, -0.05) is 24.3 Å². The maximum Gasteiger partial charge on any atom is 0.164 e. The topological polar surface area (TPSA) is 32.8 Å². The molecule has 0 aliphatic carbocycles. The van der Waals surface area contributed by atoms with Gasteiger partial charge in [0, 0.05) is 51.3 Å². The van der Waals surface area contributed by atoms with Gasteiger partial charge in [0.15, 0.2) is 5.78 Å². The molecule has 0 N–H and O–H groups in total. The smallest absolute Gasteiger partial charge is 0.164 e. The predicted octanol–water partition coefficient (Wildman–Crippen LogP) is 5.94. The zero-order chi connectivity index (χ0) is 24.6. The molecule has 0 bridgehead atoms. The van der Waals surface area contributed by atoms with Crippen LogP contribution in [0.1, 0.15) is 34.0 Å². The van der Waals surface area contributed by atoms with Gasteiger partial charge in [0.05, 0.1) is 6.61 Å². The molecule has 3 aromatic rings. The van der Waals surface area contributed by atoms with E-state index < -0.39 is 6.10 Å². The second kappa shape index (κ2) is 15.1. The van der Waals surface area contributed by atoms with Crippen molar-refractivity contribution in [2.75, 3.05) is 45.9 Å². The highest BCUT2D eigenvalue weighted by molar-refractivity contribution is 5.96. The van der Waals surface area contributed by atoms with Crippen molar-refractivity contribution >= 4 is 30.6 Å². The van der Waals surface area contributed by atoms with Crippen molar-refractivity contribution in [3.8, 4) is 0 Å². The van der Waals surface area contributed by atoms with Gasteiger partial charge in [-0.15, -0.1) is 24.8 Å². The number of carbonyl (C=O) groups excluding carboxylic acids is 1. The fraction of sp³-hybridized carbons (Fsp3) is 0.321. The van der Waals surface area contributed by atoms with Crippen LogP contribution in [0.15, 0.2) is 72.8 Å². The number of hydrogen-bond donors (Lipinski definition) is 0. The third-order valence-electron chi connectivity index (χ3n) is 6.32. The minimum Gasteiger partial charge on any atom is -0.367 e. The fourth-order valence-corrected chi connectivity index (χ4v) is 4.24. The minimum absolute atomic E-state index is 0. The standard InChI is InChI=1S/C28H29F3N2O2.2ClH/c29-24-7-1-21(2-8-24)27(34)13-14-32-15-17-33(18-16-32)19-20-35-28(22-3-9-25(30)10-4-22)23-5-11-26(31)12-6-23;;/h1-12,28H,13-20H2;2*1H. The minimum atomic E-state index is -0.407. The Hall–Kier alpha value is -2.42. The van der Waals surface area contributed by atoms with E-state index in [-0.39, 0.29) is 48.0 Å².